The van der Waals surface area contributed by atoms with Crippen molar-refractivity contribution in [2.75, 3.05) is 0 Å². The number of amidine groups is 1. The number of rotatable bonds is 6. The van der Waals surface area contributed by atoms with E-state index in [1.807, 2.05) is 18.2 Å². The van der Waals surface area contributed by atoms with Crippen LogP contribution >= 0.6 is 23.4 Å². The average Bonchev–Trinajstić information content (AvgIpc) is 3.13. The summed E-state index contributed by atoms with van der Waals surface area (Å²) < 4.78 is 5.90. The molecule has 1 fully saturated rings. The Balaban J connectivity index is 1.49. The van der Waals surface area contributed by atoms with Gasteiger partial charge in [0.05, 0.1) is 15.5 Å². The monoisotopic (exact) mass is 465 g/mol. The Morgan fingerprint density at radius 3 is 2.50 bits per heavy atom. The fraction of sp³-hybridized carbons (Fsp3) is 0.0435. The zero-order valence-electron chi connectivity index (χ0n) is 16.5. The van der Waals surface area contributed by atoms with Crippen molar-refractivity contribution >= 4 is 51.9 Å². The maximum Gasteiger partial charge on any atom is 0.269 e. The topological polar surface area (TPSA) is 93.8 Å². The van der Waals surface area contributed by atoms with Gasteiger partial charge in [-0.2, -0.15) is 0 Å². The molecule has 1 aliphatic heterocycles. The molecule has 7 nitrogen and oxygen atoms in total. The van der Waals surface area contributed by atoms with Gasteiger partial charge in [-0.1, -0.05) is 29.8 Å². The first-order valence-electron chi connectivity index (χ1n) is 9.48. The zero-order valence-corrected chi connectivity index (χ0v) is 18.1. The van der Waals surface area contributed by atoms with Gasteiger partial charge in [-0.05, 0) is 65.9 Å². The van der Waals surface area contributed by atoms with Gasteiger partial charge in [0.2, 0.25) is 0 Å². The third kappa shape index (κ3) is 5.35. The van der Waals surface area contributed by atoms with Gasteiger partial charge in [-0.3, -0.25) is 14.9 Å². The Morgan fingerprint density at radius 2 is 1.78 bits per heavy atom. The molecule has 0 unspecified atom stereocenters. The van der Waals surface area contributed by atoms with E-state index < -0.39 is 4.92 Å². The van der Waals surface area contributed by atoms with E-state index in [4.69, 9.17) is 16.3 Å². The molecule has 0 saturated carbocycles. The lowest BCUT2D eigenvalue weighted by molar-refractivity contribution is -0.384. The number of nitrogens with one attached hydrogen (secondary N) is 1. The fourth-order valence-electron chi connectivity index (χ4n) is 2.86. The molecular weight excluding hydrogens is 450 g/mol. The molecule has 32 heavy (non-hydrogen) atoms. The van der Waals surface area contributed by atoms with Crippen LogP contribution in [0.3, 0.4) is 0 Å². The standard InChI is InChI=1S/C23H16ClN3O4S/c24-17-7-9-18(10-8-17)25-23-26-22(28)21(32-23)13-16-3-1-2-4-20(16)31-14-15-5-11-19(12-6-15)27(29)30/h1-13H,14H2,(H,25,26,28)/b21-13-. The number of benzene rings is 3. The summed E-state index contributed by atoms with van der Waals surface area (Å²) >= 11 is 7.13. The molecule has 3 aromatic rings. The van der Waals surface area contributed by atoms with Crippen LogP contribution in [-0.2, 0) is 11.4 Å². The molecular formula is C23H16ClN3O4S. The normalized spacial score (nSPS) is 15.7. The Kier molecular flexibility index (Phi) is 6.53. The minimum atomic E-state index is -0.444. The molecule has 4 rings (SSSR count). The number of ether oxygens (including phenoxy) is 1. The molecule has 1 saturated heterocycles. The van der Waals surface area contributed by atoms with Crippen molar-refractivity contribution < 1.29 is 14.5 Å². The second kappa shape index (κ2) is 9.67. The highest BCUT2D eigenvalue weighted by molar-refractivity contribution is 8.18. The summed E-state index contributed by atoms with van der Waals surface area (Å²) in [4.78, 5) is 27.7. The van der Waals surface area contributed by atoms with E-state index in [0.29, 0.717) is 26.5 Å². The number of nitro benzene ring substituents is 1. The third-order valence-electron chi connectivity index (χ3n) is 4.46. The summed E-state index contributed by atoms with van der Waals surface area (Å²) in [5.41, 5.74) is 2.24. The van der Waals surface area contributed by atoms with Crippen molar-refractivity contribution in [3.63, 3.8) is 0 Å². The molecule has 3 aromatic carbocycles. The number of hydrogen-bond donors (Lipinski definition) is 1. The van der Waals surface area contributed by atoms with Gasteiger partial charge in [0.15, 0.2) is 5.17 Å². The van der Waals surface area contributed by atoms with Gasteiger partial charge in [0, 0.05) is 22.7 Å². The maximum atomic E-state index is 12.4. The maximum absolute atomic E-state index is 12.4. The predicted molar refractivity (Wildman–Crippen MR) is 126 cm³/mol. The van der Waals surface area contributed by atoms with Crippen LogP contribution in [0.25, 0.3) is 6.08 Å². The summed E-state index contributed by atoms with van der Waals surface area (Å²) in [6, 6.07) is 20.5. The zero-order chi connectivity index (χ0) is 22.5. The van der Waals surface area contributed by atoms with E-state index in [0.717, 1.165) is 11.1 Å². The van der Waals surface area contributed by atoms with E-state index in [1.165, 1.54) is 23.9 Å². The second-order valence-electron chi connectivity index (χ2n) is 6.71. The van der Waals surface area contributed by atoms with Crippen molar-refractivity contribution in [3.8, 4) is 5.75 Å². The van der Waals surface area contributed by atoms with Crippen LogP contribution in [0.5, 0.6) is 5.75 Å². The summed E-state index contributed by atoms with van der Waals surface area (Å²) in [5.74, 6) is 0.350. The minimum absolute atomic E-state index is 0.0271. The number of para-hydroxylation sites is 1. The van der Waals surface area contributed by atoms with Gasteiger partial charge in [0.1, 0.15) is 12.4 Å². The lowest BCUT2D eigenvalue weighted by atomic mass is 10.1. The molecule has 0 radical (unpaired) electrons. The lowest BCUT2D eigenvalue weighted by Crippen LogP contribution is -2.19. The highest BCUT2D eigenvalue weighted by atomic mass is 35.5. The molecule has 1 heterocycles. The number of nitro groups is 1. The first-order chi connectivity index (χ1) is 15.5. The first-order valence-corrected chi connectivity index (χ1v) is 10.7. The summed E-state index contributed by atoms with van der Waals surface area (Å²) in [5, 5.41) is 14.6. The Morgan fingerprint density at radius 1 is 1.06 bits per heavy atom. The van der Waals surface area contributed by atoms with Crippen LogP contribution in [0.4, 0.5) is 11.4 Å². The highest BCUT2D eigenvalue weighted by Gasteiger charge is 2.24. The number of carbonyl (C=O) groups excluding carboxylic acids is 1. The quantitative estimate of drug-likeness (QED) is 0.285. The van der Waals surface area contributed by atoms with Gasteiger partial charge in [-0.25, -0.2) is 4.99 Å². The van der Waals surface area contributed by atoms with E-state index in [1.54, 1.807) is 48.5 Å². The smallest absolute Gasteiger partial charge is 0.269 e. The van der Waals surface area contributed by atoms with Crippen molar-refractivity contribution in [3.05, 3.63) is 104 Å². The molecule has 9 heteroatoms. The average molecular weight is 466 g/mol. The van der Waals surface area contributed by atoms with Crippen LogP contribution in [0.2, 0.25) is 5.02 Å². The molecule has 0 aliphatic carbocycles. The highest BCUT2D eigenvalue weighted by Crippen LogP contribution is 2.31. The number of amides is 1. The van der Waals surface area contributed by atoms with Crippen molar-refractivity contribution in [1.82, 2.24) is 5.32 Å². The largest absolute Gasteiger partial charge is 0.488 e. The Labute approximate surface area is 192 Å². The number of halogens is 1. The predicted octanol–water partition coefficient (Wildman–Crippen LogP) is 5.72. The van der Waals surface area contributed by atoms with Crippen molar-refractivity contribution in [2.24, 2.45) is 4.99 Å². The molecule has 1 N–H and O–H groups in total. The molecule has 1 amide bonds. The number of non-ortho nitro benzene ring substituents is 1. The van der Waals surface area contributed by atoms with E-state index >= 15 is 0 Å². The van der Waals surface area contributed by atoms with Gasteiger partial charge in [0.25, 0.3) is 11.6 Å². The van der Waals surface area contributed by atoms with Crippen LogP contribution in [0.1, 0.15) is 11.1 Å². The van der Waals surface area contributed by atoms with Crippen LogP contribution in [0, 0.1) is 10.1 Å². The van der Waals surface area contributed by atoms with Crippen molar-refractivity contribution in [2.45, 2.75) is 6.61 Å². The van der Waals surface area contributed by atoms with Gasteiger partial charge < -0.3 is 10.1 Å². The molecule has 0 atom stereocenters. The molecule has 0 aromatic heterocycles. The van der Waals surface area contributed by atoms with Gasteiger partial charge in [-0.15, -0.1) is 0 Å². The van der Waals surface area contributed by atoms with Crippen LogP contribution in [0.15, 0.2) is 82.7 Å². The summed E-state index contributed by atoms with van der Waals surface area (Å²) in [7, 11) is 0. The van der Waals surface area contributed by atoms with E-state index in [-0.39, 0.29) is 18.2 Å². The van der Waals surface area contributed by atoms with Gasteiger partial charge >= 0.3 is 0 Å². The Bertz CT molecular complexity index is 1220. The van der Waals surface area contributed by atoms with Crippen LogP contribution < -0.4 is 10.1 Å². The fourth-order valence-corrected chi connectivity index (χ4v) is 3.82. The number of nitrogens with zero attached hydrogens (tertiary/aromatic N) is 2. The van der Waals surface area contributed by atoms with E-state index in [9.17, 15) is 14.9 Å². The second-order valence-corrected chi connectivity index (χ2v) is 8.18. The number of aliphatic imine (C=N–C) groups is 1. The summed E-state index contributed by atoms with van der Waals surface area (Å²) in [6.07, 6.45) is 1.75. The SMILES string of the molecule is O=C1NC(=Nc2ccc(Cl)cc2)S/C1=C\c1ccccc1OCc1ccc([N+](=O)[O-])cc1. The van der Waals surface area contributed by atoms with Crippen LogP contribution in [-0.4, -0.2) is 16.0 Å². The number of thioether (sulfide) groups is 1. The molecule has 160 valence electrons. The number of carbonyl (C=O) groups is 1. The first kappa shape index (κ1) is 21.6. The van der Waals surface area contributed by atoms with E-state index in [2.05, 4.69) is 10.3 Å². The third-order valence-corrected chi connectivity index (χ3v) is 5.62. The number of hydrogen-bond acceptors (Lipinski definition) is 6. The molecule has 1 aliphatic rings. The molecule has 0 bridgehead atoms. The lowest BCUT2D eigenvalue weighted by Gasteiger charge is -2.09. The minimum Gasteiger partial charge on any atom is -0.488 e. The summed E-state index contributed by atoms with van der Waals surface area (Å²) in [6.45, 7) is 0.237. The molecule has 0 spiro atoms. The Hall–Kier alpha value is -3.62. The van der Waals surface area contributed by atoms with Crippen molar-refractivity contribution in [1.29, 1.82) is 0 Å².